The minimum absolute atomic E-state index is 0.160. The van der Waals surface area contributed by atoms with Crippen molar-refractivity contribution in [3.8, 4) is 0 Å². The van der Waals surface area contributed by atoms with Gasteiger partial charge in [-0.2, -0.15) is 0 Å². The van der Waals surface area contributed by atoms with Gasteiger partial charge in [-0.25, -0.2) is 4.79 Å². The number of rotatable bonds is 6. The SMILES string of the molecule is O=C(NCc1ccc(NC(=O)c2cccc3cccnc23)cc1)OCc1cccnc1. The Morgan fingerprint density at radius 2 is 1.68 bits per heavy atom. The van der Waals surface area contributed by atoms with Crippen molar-refractivity contribution < 1.29 is 14.3 Å². The van der Waals surface area contributed by atoms with E-state index < -0.39 is 6.09 Å². The van der Waals surface area contributed by atoms with Crippen molar-refractivity contribution in [2.75, 3.05) is 5.32 Å². The van der Waals surface area contributed by atoms with Gasteiger partial charge < -0.3 is 15.4 Å². The molecule has 0 saturated heterocycles. The molecule has 0 aliphatic rings. The molecule has 0 aliphatic carbocycles. The standard InChI is InChI=1S/C24H20N4O3/c29-23(21-7-1-5-19-6-3-13-26-22(19)21)28-20-10-8-17(9-11-20)15-27-24(30)31-16-18-4-2-12-25-14-18/h1-14H,15-16H2,(H,27,30)(H,28,29). The minimum atomic E-state index is -0.510. The summed E-state index contributed by atoms with van der Waals surface area (Å²) < 4.78 is 5.16. The van der Waals surface area contributed by atoms with Crippen molar-refractivity contribution in [2.24, 2.45) is 0 Å². The molecular weight excluding hydrogens is 392 g/mol. The van der Waals surface area contributed by atoms with E-state index in [9.17, 15) is 9.59 Å². The third-order valence-corrected chi connectivity index (χ3v) is 4.62. The summed E-state index contributed by atoms with van der Waals surface area (Å²) in [4.78, 5) is 32.8. The number of carbonyl (C=O) groups is 2. The molecule has 2 heterocycles. The van der Waals surface area contributed by atoms with Crippen LogP contribution in [0.3, 0.4) is 0 Å². The van der Waals surface area contributed by atoms with Crippen molar-refractivity contribution in [1.82, 2.24) is 15.3 Å². The van der Waals surface area contributed by atoms with E-state index in [-0.39, 0.29) is 12.5 Å². The molecule has 4 rings (SSSR count). The quantitative estimate of drug-likeness (QED) is 0.492. The molecule has 2 N–H and O–H groups in total. The van der Waals surface area contributed by atoms with Crippen LogP contribution in [-0.2, 0) is 17.9 Å². The molecule has 4 aromatic rings. The van der Waals surface area contributed by atoms with E-state index in [1.165, 1.54) is 0 Å². The molecule has 0 aliphatic heterocycles. The van der Waals surface area contributed by atoms with E-state index >= 15 is 0 Å². The van der Waals surface area contributed by atoms with E-state index in [2.05, 4.69) is 20.6 Å². The zero-order valence-electron chi connectivity index (χ0n) is 16.6. The predicted octanol–water partition coefficient (Wildman–Crippen LogP) is 4.31. The van der Waals surface area contributed by atoms with Crippen LogP contribution in [0, 0.1) is 0 Å². The number of nitrogens with zero attached hydrogens (tertiary/aromatic N) is 2. The van der Waals surface area contributed by atoms with Gasteiger partial charge in [0.1, 0.15) is 6.61 Å². The van der Waals surface area contributed by atoms with E-state index in [0.29, 0.717) is 23.3 Å². The fourth-order valence-corrected chi connectivity index (χ4v) is 3.05. The third kappa shape index (κ3) is 5.22. The molecule has 2 aromatic heterocycles. The topological polar surface area (TPSA) is 93.2 Å². The molecule has 0 unspecified atom stereocenters. The summed E-state index contributed by atoms with van der Waals surface area (Å²) in [5.41, 5.74) is 3.52. The second kappa shape index (κ2) is 9.49. The Hall–Kier alpha value is -4.26. The van der Waals surface area contributed by atoms with Crippen LogP contribution in [0.4, 0.5) is 10.5 Å². The lowest BCUT2D eigenvalue weighted by molar-refractivity contribution is 0.102. The van der Waals surface area contributed by atoms with Gasteiger partial charge in [-0.05, 0) is 35.9 Å². The predicted molar refractivity (Wildman–Crippen MR) is 117 cm³/mol. The van der Waals surface area contributed by atoms with Gasteiger partial charge in [0, 0.05) is 41.8 Å². The highest BCUT2D eigenvalue weighted by Crippen LogP contribution is 2.18. The van der Waals surface area contributed by atoms with Crippen LogP contribution in [0.25, 0.3) is 10.9 Å². The molecule has 0 radical (unpaired) electrons. The zero-order valence-corrected chi connectivity index (χ0v) is 16.6. The number of aromatic nitrogens is 2. The third-order valence-electron chi connectivity index (χ3n) is 4.62. The second-order valence-corrected chi connectivity index (χ2v) is 6.82. The number of para-hydroxylation sites is 1. The summed E-state index contributed by atoms with van der Waals surface area (Å²) in [5.74, 6) is -0.228. The van der Waals surface area contributed by atoms with Crippen molar-refractivity contribution in [1.29, 1.82) is 0 Å². The van der Waals surface area contributed by atoms with Gasteiger partial charge in [0.15, 0.2) is 0 Å². The molecule has 31 heavy (non-hydrogen) atoms. The number of amides is 2. The summed E-state index contributed by atoms with van der Waals surface area (Å²) in [7, 11) is 0. The van der Waals surface area contributed by atoms with Gasteiger partial charge in [0.2, 0.25) is 0 Å². The number of hydrogen-bond donors (Lipinski definition) is 2. The van der Waals surface area contributed by atoms with Crippen molar-refractivity contribution in [2.45, 2.75) is 13.2 Å². The summed E-state index contributed by atoms with van der Waals surface area (Å²) in [6, 6.07) is 20.1. The highest BCUT2D eigenvalue weighted by Gasteiger charge is 2.11. The molecule has 0 fully saturated rings. The van der Waals surface area contributed by atoms with Crippen LogP contribution in [0.15, 0.2) is 85.3 Å². The number of fused-ring (bicyclic) bond motifs is 1. The second-order valence-electron chi connectivity index (χ2n) is 6.82. The molecule has 0 spiro atoms. The van der Waals surface area contributed by atoms with Crippen LogP contribution in [0.2, 0.25) is 0 Å². The Labute approximate surface area is 179 Å². The maximum atomic E-state index is 12.7. The number of pyridine rings is 2. The Kier molecular flexibility index (Phi) is 6.13. The van der Waals surface area contributed by atoms with Gasteiger partial charge in [-0.3, -0.25) is 14.8 Å². The first kappa shape index (κ1) is 20.0. The molecule has 0 bridgehead atoms. The first-order valence-electron chi connectivity index (χ1n) is 9.72. The first-order valence-corrected chi connectivity index (χ1v) is 9.72. The lowest BCUT2D eigenvalue weighted by Crippen LogP contribution is -2.23. The average molecular weight is 412 g/mol. The van der Waals surface area contributed by atoms with Crippen LogP contribution >= 0.6 is 0 Å². The molecule has 154 valence electrons. The van der Waals surface area contributed by atoms with Gasteiger partial charge in [-0.15, -0.1) is 0 Å². The summed E-state index contributed by atoms with van der Waals surface area (Å²) >= 11 is 0. The van der Waals surface area contributed by atoms with E-state index in [4.69, 9.17) is 4.74 Å². The molecule has 0 saturated carbocycles. The summed E-state index contributed by atoms with van der Waals surface area (Å²) in [5, 5.41) is 6.49. The lowest BCUT2D eigenvalue weighted by Gasteiger charge is -2.09. The van der Waals surface area contributed by atoms with Gasteiger partial charge in [-0.1, -0.05) is 36.4 Å². The highest BCUT2D eigenvalue weighted by atomic mass is 16.5. The fourth-order valence-electron chi connectivity index (χ4n) is 3.05. The number of anilines is 1. The number of benzene rings is 2. The van der Waals surface area contributed by atoms with Crippen molar-refractivity contribution >= 4 is 28.6 Å². The Morgan fingerprint density at radius 3 is 2.48 bits per heavy atom. The molecule has 2 aromatic carbocycles. The number of nitrogens with one attached hydrogen (secondary N) is 2. The highest BCUT2D eigenvalue weighted by molar-refractivity contribution is 6.11. The maximum Gasteiger partial charge on any atom is 0.407 e. The Bertz CT molecular complexity index is 1190. The number of hydrogen-bond acceptors (Lipinski definition) is 5. The molecule has 7 heteroatoms. The maximum absolute atomic E-state index is 12.7. The van der Waals surface area contributed by atoms with E-state index in [1.807, 2.05) is 42.5 Å². The molecule has 2 amide bonds. The van der Waals surface area contributed by atoms with Crippen LogP contribution in [0.1, 0.15) is 21.5 Å². The lowest BCUT2D eigenvalue weighted by atomic mass is 10.1. The fraction of sp³-hybridized carbons (Fsp3) is 0.0833. The Morgan fingerprint density at radius 1 is 0.871 bits per heavy atom. The largest absolute Gasteiger partial charge is 0.445 e. The Balaban J connectivity index is 1.31. The van der Waals surface area contributed by atoms with Gasteiger partial charge in [0.05, 0.1) is 11.1 Å². The number of carbonyl (C=O) groups excluding carboxylic acids is 2. The van der Waals surface area contributed by atoms with E-state index in [1.54, 1.807) is 42.9 Å². The average Bonchev–Trinajstić information content (AvgIpc) is 2.82. The van der Waals surface area contributed by atoms with Crippen LogP contribution in [0.5, 0.6) is 0 Å². The number of ether oxygens (including phenoxy) is 1. The normalized spacial score (nSPS) is 10.5. The minimum Gasteiger partial charge on any atom is -0.445 e. The van der Waals surface area contributed by atoms with Crippen LogP contribution in [-0.4, -0.2) is 22.0 Å². The number of alkyl carbamates (subject to hydrolysis) is 1. The summed E-state index contributed by atoms with van der Waals surface area (Å²) in [6.07, 6.45) is 4.47. The van der Waals surface area contributed by atoms with Crippen molar-refractivity contribution in [3.63, 3.8) is 0 Å². The van der Waals surface area contributed by atoms with Crippen LogP contribution < -0.4 is 10.6 Å². The van der Waals surface area contributed by atoms with Gasteiger partial charge >= 0.3 is 6.09 Å². The van der Waals surface area contributed by atoms with Gasteiger partial charge in [0.25, 0.3) is 5.91 Å². The monoisotopic (exact) mass is 412 g/mol. The first-order chi connectivity index (χ1) is 15.2. The zero-order chi connectivity index (χ0) is 21.5. The summed E-state index contributed by atoms with van der Waals surface area (Å²) in [6.45, 7) is 0.473. The molecule has 0 atom stereocenters. The molecular formula is C24H20N4O3. The van der Waals surface area contributed by atoms with Crippen molar-refractivity contribution in [3.05, 3.63) is 102 Å². The van der Waals surface area contributed by atoms with E-state index in [0.717, 1.165) is 16.5 Å². The molecule has 7 nitrogen and oxygen atoms in total. The smallest absolute Gasteiger partial charge is 0.407 e.